The number of hydrogen-bond acceptors (Lipinski definition) is 4. The summed E-state index contributed by atoms with van der Waals surface area (Å²) in [6.45, 7) is 0.518. The maximum Gasteiger partial charge on any atom is 0.251 e. The van der Waals surface area contributed by atoms with Crippen molar-refractivity contribution in [3.63, 3.8) is 0 Å². The zero-order chi connectivity index (χ0) is 25.6. The molecule has 0 aromatic heterocycles. The van der Waals surface area contributed by atoms with Crippen molar-refractivity contribution >= 4 is 79.8 Å². The second kappa shape index (κ2) is 12.6. The largest absolute Gasteiger partial charge is 0.351 e. The van der Waals surface area contributed by atoms with Gasteiger partial charge >= 0.3 is 0 Å². The van der Waals surface area contributed by atoms with Crippen molar-refractivity contribution in [1.29, 1.82) is 0 Å². The zero-order valence-corrected chi connectivity index (χ0v) is 23.3. The Balaban J connectivity index is 1.56. The molecule has 0 unspecified atom stereocenters. The Morgan fingerprint density at radius 1 is 0.914 bits per heavy atom. The van der Waals surface area contributed by atoms with E-state index < -0.39 is 10.0 Å². The molecule has 11 heteroatoms. The van der Waals surface area contributed by atoms with Gasteiger partial charge < -0.3 is 5.32 Å². The molecule has 0 bridgehead atoms. The topological polar surface area (TPSA) is 66.5 Å². The molecule has 186 valence electrons. The highest BCUT2D eigenvalue weighted by Crippen LogP contribution is 2.34. The number of halogens is 4. The number of rotatable bonds is 10. The van der Waals surface area contributed by atoms with Crippen LogP contribution in [0.3, 0.4) is 0 Å². The lowest BCUT2D eigenvalue weighted by atomic mass is 10.1. The summed E-state index contributed by atoms with van der Waals surface area (Å²) in [5, 5.41) is 4.55. The number of benzene rings is 3. The quantitative estimate of drug-likeness (QED) is 0.260. The van der Waals surface area contributed by atoms with Crippen molar-refractivity contribution < 1.29 is 13.2 Å². The second-order valence-electron chi connectivity index (χ2n) is 7.55. The summed E-state index contributed by atoms with van der Waals surface area (Å²) >= 11 is 26.3. The highest BCUT2D eigenvalue weighted by Gasteiger charge is 2.21. The number of carbonyl (C=O) groups excluding carboxylic acids is 1. The number of carbonyl (C=O) groups is 1. The Hall–Kier alpha value is -1.61. The van der Waals surface area contributed by atoms with Gasteiger partial charge in [0.05, 0.1) is 28.5 Å². The van der Waals surface area contributed by atoms with E-state index in [1.165, 1.54) is 4.31 Å². The van der Waals surface area contributed by atoms with Gasteiger partial charge in [0.1, 0.15) is 0 Å². The maximum absolute atomic E-state index is 12.5. The number of hydrogen-bond donors (Lipinski definition) is 1. The van der Waals surface area contributed by atoms with Crippen LogP contribution >= 0.6 is 58.2 Å². The molecule has 0 atom stereocenters. The Labute approximate surface area is 229 Å². The van der Waals surface area contributed by atoms with Crippen LogP contribution in [0.25, 0.3) is 0 Å². The lowest BCUT2D eigenvalue weighted by molar-refractivity contribution is 0.0956. The fraction of sp³-hybridized carbons (Fsp3) is 0.208. The van der Waals surface area contributed by atoms with E-state index in [9.17, 15) is 13.2 Å². The molecule has 5 nitrogen and oxygen atoms in total. The molecule has 0 spiro atoms. The zero-order valence-electron chi connectivity index (χ0n) is 18.6. The molecule has 0 aliphatic rings. The number of anilines is 1. The highest BCUT2D eigenvalue weighted by molar-refractivity contribution is 7.98. The van der Waals surface area contributed by atoms with Crippen molar-refractivity contribution in [2.45, 2.75) is 12.3 Å². The fourth-order valence-electron chi connectivity index (χ4n) is 3.18. The van der Waals surface area contributed by atoms with Gasteiger partial charge in [0, 0.05) is 33.7 Å². The van der Waals surface area contributed by atoms with Gasteiger partial charge in [-0.25, -0.2) is 8.42 Å². The van der Waals surface area contributed by atoms with E-state index >= 15 is 0 Å². The van der Waals surface area contributed by atoms with Gasteiger partial charge in [0.15, 0.2) is 0 Å². The van der Waals surface area contributed by atoms with Gasteiger partial charge in [-0.3, -0.25) is 9.10 Å². The van der Waals surface area contributed by atoms with E-state index in [2.05, 4.69) is 5.32 Å². The van der Waals surface area contributed by atoms with E-state index in [-0.39, 0.29) is 22.5 Å². The summed E-state index contributed by atoms with van der Waals surface area (Å²) in [4.78, 5) is 12.5. The van der Waals surface area contributed by atoms with Crippen LogP contribution in [0.5, 0.6) is 0 Å². The molecule has 0 saturated heterocycles. The van der Waals surface area contributed by atoms with Crippen molar-refractivity contribution in [3.8, 4) is 0 Å². The average molecular weight is 592 g/mol. The van der Waals surface area contributed by atoms with Crippen LogP contribution in [0.15, 0.2) is 60.7 Å². The number of sulfonamides is 1. The van der Waals surface area contributed by atoms with Crippen LogP contribution in [0.2, 0.25) is 20.1 Å². The minimum Gasteiger partial charge on any atom is -0.351 e. The van der Waals surface area contributed by atoms with Crippen LogP contribution in [-0.2, 0) is 22.3 Å². The lowest BCUT2D eigenvalue weighted by Gasteiger charge is -2.24. The molecule has 3 aromatic rings. The van der Waals surface area contributed by atoms with Crippen LogP contribution < -0.4 is 9.62 Å². The molecule has 3 rings (SSSR count). The monoisotopic (exact) mass is 590 g/mol. The standard InChI is InChI=1S/C24H22Cl4N2O3S2/c1-35(32,33)30(22-7-3-6-21(27)23(22)28)14-16-8-10-17(11-9-16)24(31)29-12-13-34-15-18-19(25)4-2-5-20(18)26/h2-11H,12-15H2,1H3,(H,29,31). The molecule has 0 saturated carbocycles. The average Bonchev–Trinajstić information content (AvgIpc) is 2.80. The Bertz CT molecular complexity index is 1280. The number of amides is 1. The third-order valence-electron chi connectivity index (χ3n) is 4.98. The Kier molecular flexibility index (Phi) is 10.0. The molecule has 0 aliphatic heterocycles. The van der Waals surface area contributed by atoms with Gasteiger partial charge in [0.25, 0.3) is 5.91 Å². The molecule has 0 heterocycles. The molecular formula is C24H22Cl4N2O3S2. The van der Waals surface area contributed by atoms with Crippen molar-refractivity contribution in [2.24, 2.45) is 0 Å². The number of nitrogens with one attached hydrogen (secondary N) is 1. The first-order valence-electron chi connectivity index (χ1n) is 10.4. The molecular weight excluding hydrogens is 570 g/mol. The summed E-state index contributed by atoms with van der Waals surface area (Å²) in [5.74, 6) is 1.12. The predicted molar refractivity (Wildman–Crippen MR) is 149 cm³/mol. The van der Waals surface area contributed by atoms with Crippen LogP contribution in [-0.4, -0.2) is 32.9 Å². The molecule has 0 aliphatic carbocycles. The van der Waals surface area contributed by atoms with Gasteiger partial charge in [0.2, 0.25) is 10.0 Å². The summed E-state index contributed by atoms with van der Waals surface area (Å²) in [5.41, 5.74) is 2.33. The van der Waals surface area contributed by atoms with Gasteiger partial charge in [-0.05, 0) is 47.5 Å². The predicted octanol–water partition coefficient (Wildman–Crippen LogP) is 6.93. The summed E-state index contributed by atoms with van der Waals surface area (Å²) < 4.78 is 26.0. The first-order valence-corrected chi connectivity index (χ1v) is 14.9. The normalized spacial score (nSPS) is 11.3. The van der Waals surface area contributed by atoms with Crippen molar-refractivity contribution in [1.82, 2.24) is 5.32 Å². The number of thioether (sulfide) groups is 1. The third kappa shape index (κ3) is 7.68. The number of nitrogens with zero attached hydrogens (tertiary/aromatic N) is 1. The van der Waals surface area contributed by atoms with E-state index in [0.717, 1.165) is 11.8 Å². The minimum atomic E-state index is -3.63. The van der Waals surface area contributed by atoms with E-state index in [1.807, 2.05) is 0 Å². The van der Waals surface area contributed by atoms with Gasteiger partial charge in [-0.15, -0.1) is 0 Å². The second-order valence-corrected chi connectivity index (χ2v) is 12.2. The molecule has 0 radical (unpaired) electrons. The van der Waals surface area contributed by atoms with E-state index in [4.69, 9.17) is 46.4 Å². The van der Waals surface area contributed by atoms with Gasteiger partial charge in [-0.2, -0.15) is 11.8 Å². The third-order valence-corrected chi connectivity index (χ3v) is 8.61. The first kappa shape index (κ1) is 28.0. The Morgan fingerprint density at radius 3 is 2.14 bits per heavy atom. The summed E-state index contributed by atoms with van der Waals surface area (Å²) in [6, 6.07) is 16.9. The van der Waals surface area contributed by atoms with E-state index in [0.29, 0.717) is 44.9 Å². The molecule has 1 amide bonds. The summed E-state index contributed by atoms with van der Waals surface area (Å²) in [6.07, 6.45) is 1.10. The molecule has 1 N–H and O–H groups in total. The Morgan fingerprint density at radius 2 is 1.51 bits per heavy atom. The van der Waals surface area contributed by atoms with Crippen LogP contribution in [0, 0.1) is 0 Å². The van der Waals surface area contributed by atoms with Crippen LogP contribution in [0.4, 0.5) is 5.69 Å². The molecule has 0 fully saturated rings. The highest BCUT2D eigenvalue weighted by atomic mass is 35.5. The molecule has 35 heavy (non-hydrogen) atoms. The molecule has 3 aromatic carbocycles. The van der Waals surface area contributed by atoms with Gasteiger partial charge in [-0.1, -0.05) is 70.7 Å². The SMILES string of the molecule is CS(=O)(=O)N(Cc1ccc(C(=O)NCCSCc2c(Cl)cccc2Cl)cc1)c1cccc(Cl)c1Cl. The van der Waals surface area contributed by atoms with Crippen molar-refractivity contribution in [2.75, 3.05) is 22.9 Å². The first-order chi connectivity index (χ1) is 16.6. The minimum absolute atomic E-state index is 0.0437. The lowest BCUT2D eigenvalue weighted by Crippen LogP contribution is -2.29. The maximum atomic E-state index is 12.5. The smallest absolute Gasteiger partial charge is 0.251 e. The van der Waals surface area contributed by atoms with E-state index in [1.54, 1.807) is 72.4 Å². The fourth-order valence-corrected chi connectivity index (χ4v) is 6.11. The summed E-state index contributed by atoms with van der Waals surface area (Å²) in [7, 11) is -3.63. The van der Waals surface area contributed by atoms with Crippen LogP contribution in [0.1, 0.15) is 21.5 Å². The van der Waals surface area contributed by atoms with Crippen molar-refractivity contribution in [3.05, 3.63) is 97.4 Å².